The normalized spacial score (nSPS) is 10.4. The first kappa shape index (κ1) is 17.7. The van der Waals surface area contributed by atoms with Crippen molar-refractivity contribution in [2.45, 2.75) is 0 Å². The molecule has 0 aliphatic rings. The van der Waals surface area contributed by atoms with Gasteiger partial charge >= 0.3 is 0 Å². The van der Waals surface area contributed by atoms with E-state index in [9.17, 15) is 9.59 Å². The zero-order chi connectivity index (χ0) is 18.5. The Balaban J connectivity index is 1.57. The van der Waals surface area contributed by atoms with Crippen LogP contribution in [-0.2, 0) is 11.8 Å². The lowest BCUT2D eigenvalue weighted by Gasteiger charge is -2.08. The highest BCUT2D eigenvalue weighted by molar-refractivity contribution is 6.30. The van der Waals surface area contributed by atoms with Gasteiger partial charge in [-0.3, -0.25) is 9.59 Å². The van der Waals surface area contributed by atoms with Gasteiger partial charge in [-0.2, -0.15) is 0 Å². The number of ether oxygens (including phenoxy) is 1. The highest BCUT2D eigenvalue weighted by Gasteiger charge is 2.13. The number of hydrogen-bond acceptors (Lipinski definition) is 4. The van der Waals surface area contributed by atoms with E-state index in [1.54, 1.807) is 72.5 Å². The molecule has 0 aliphatic carbocycles. The summed E-state index contributed by atoms with van der Waals surface area (Å²) in [6.45, 7) is -0.129. The fourth-order valence-corrected chi connectivity index (χ4v) is 2.42. The molecule has 0 radical (unpaired) electrons. The molecule has 2 aromatic carbocycles. The summed E-state index contributed by atoms with van der Waals surface area (Å²) in [6, 6.07) is 13.4. The molecule has 132 valence electrons. The molecule has 0 atom stereocenters. The number of benzene rings is 2. The van der Waals surface area contributed by atoms with Gasteiger partial charge in [0.15, 0.2) is 12.4 Å². The van der Waals surface area contributed by atoms with E-state index in [2.05, 4.69) is 10.3 Å². The molecule has 3 aromatic rings. The van der Waals surface area contributed by atoms with Gasteiger partial charge in [-0.15, -0.1) is 0 Å². The summed E-state index contributed by atoms with van der Waals surface area (Å²) < 4.78 is 7.04. The minimum absolute atomic E-state index is 0.129. The number of nitrogens with zero attached hydrogens (tertiary/aromatic N) is 2. The molecule has 0 fully saturated rings. The number of aromatic nitrogens is 2. The van der Waals surface area contributed by atoms with E-state index in [-0.39, 0.29) is 18.3 Å². The van der Waals surface area contributed by atoms with Crippen LogP contribution in [0, 0.1) is 0 Å². The van der Waals surface area contributed by atoms with Gasteiger partial charge in [-0.05, 0) is 48.5 Å². The molecule has 0 unspecified atom stereocenters. The fraction of sp³-hybridized carbons (Fsp3) is 0.105. The molecule has 7 heteroatoms. The van der Waals surface area contributed by atoms with Gasteiger partial charge in [0.05, 0.1) is 0 Å². The first-order valence-corrected chi connectivity index (χ1v) is 8.21. The van der Waals surface area contributed by atoms with Gasteiger partial charge in [0.1, 0.15) is 5.75 Å². The van der Waals surface area contributed by atoms with E-state index in [0.717, 1.165) is 0 Å². The van der Waals surface area contributed by atoms with Crippen LogP contribution in [0.5, 0.6) is 5.75 Å². The van der Waals surface area contributed by atoms with Crippen molar-refractivity contribution < 1.29 is 14.3 Å². The minimum Gasteiger partial charge on any atom is -0.484 e. The predicted molar refractivity (Wildman–Crippen MR) is 98.7 cm³/mol. The molecule has 0 bridgehead atoms. The van der Waals surface area contributed by atoms with E-state index in [1.165, 1.54) is 0 Å². The van der Waals surface area contributed by atoms with E-state index in [1.807, 2.05) is 0 Å². The second kappa shape index (κ2) is 7.84. The Morgan fingerprint density at radius 1 is 1.12 bits per heavy atom. The van der Waals surface area contributed by atoms with Gasteiger partial charge in [0.2, 0.25) is 5.78 Å². The molecule has 6 nitrogen and oxygen atoms in total. The Morgan fingerprint density at radius 2 is 1.81 bits per heavy atom. The monoisotopic (exact) mass is 369 g/mol. The first-order chi connectivity index (χ1) is 12.5. The summed E-state index contributed by atoms with van der Waals surface area (Å²) in [5, 5.41) is 3.31. The number of carbonyl (C=O) groups excluding carboxylic acids is 2. The molecule has 0 saturated carbocycles. The second-order valence-corrected chi connectivity index (χ2v) is 6.00. The van der Waals surface area contributed by atoms with Crippen LogP contribution in [0.1, 0.15) is 16.2 Å². The third-order valence-corrected chi connectivity index (χ3v) is 3.89. The summed E-state index contributed by atoms with van der Waals surface area (Å²) in [6.07, 6.45) is 3.28. The lowest BCUT2D eigenvalue weighted by molar-refractivity contribution is -0.118. The molecule has 1 aromatic heterocycles. The van der Waals surface area contributed by atoms with E-state index in [0.29, 0.717) is 27.8 Å². The van der Waals surface area contributed by atoms with Crippen molar-refractivity contribution in [3.63, 3.8) is 0 Å². The van der Waals surface area contributed by atoms with Crippen LogP contribution >= 0.6 is 11.6 Å². The molecule has 0 spiro atoms. The van der Waals surface area contributed by atoms with Crippen LogP contribution in [0.2, 0.25) is 5.02 Å². The summed E-state index contributed by atoms with van der Waals surface area (Å²) in [7, 11) is 1.76. The lowest BCUT2D eigenvalue weighted by atomic mass is 10.1. The van der Waals surface area contributed by atoms with Crippen LogP contribution in [0.25, 0.3) is 0 Å². The molecule has 3 rings (SSSR count). The largest absolute Gasteiger partial charge is 0.484 e. The van der Waals surface area contributed by atoms with Gasteiger partial charge < -0.3 is 14.6 Å². The Bertz CT molecular complexity index is 918. The SMILES string of the molecule is Cn1ccnc1C(=O)c1ccc(NC(=O)COc2ccc(Cl)cc2)cc1. The van der Waals surface area contributed by atoms with Gasteiger partial charge in [-0.1, -0.05) is 11.6 Å². The Morgan fingerprint density at radius 3 is 2.42 bits per heavy atom. The van der Waals surface area contributed by atoms with Gasteiger partial charge in [-0.25, -0.2) is 4.98 Å². The Labute approximate surface area is 155 Å². The topological polar surface area (TPSA) is 73.2 Å². The highest BCUT2D eigenvalue weighted by Crippen LogP contribution is 2.16. The van der Waals surface area contributed by atoms with Gasteiger partial charge in [0.25, 0.3) is 5.91 Å². The number of ketones is 1. The maximum Gasteiger partial charge on any atom is 0.262 e. The van der Waals surface area contributed by atoms with Crippen molar-refractivity contribution in [3.05, 3.63) is 77.3 Å². The molecule has 1 amide bonds. The number of anilines is 1. The molecule has 26 heavy (non-hydrogen) atoms. The molecular weight excluding hydrogens is 354 g/mol. The number of imidazole rings is 1. The smallest absolute Gasteiger partial charge is 0.262 e. The van der Waals surface area contributed by atoms with Crippen molar-refractivity contribution in [1.29, 1.82) is 0 Å². The Kier molecular flexibility index (Phi) is 5.34. The number of amides is 1. The maximum atomic E-state index is 12.3. The van der Waals surface area contributed by atoms with Crippen LogP contribution in [0.4, 0.5) is 5.69 Å². The van der Waals surface area contributed by atoms with Crippen molar-refractivity contribution in [2.75, 3.05) is 11.9 Å². The Hall–Kier alpha value is -3.12. The number of halogens is 1. The summed E-state index contributed by atoms with van der Waals surface area (Å²) >= 11 is 5.79. The number of hydrogen-bond donors (Lipinski definition) is 1. The van der Waals surface area contributed by atoms with E-state index < -0.39 is 0 Å². The van der Waals surface area contributed by atoms with Gasteiger partial charge in [0, 0.05) is 35.7 Å². The third kappa shape index (κ3) is 4.29. The molecule has 0 saturated heterocycles. The summed E-state index contributed by atoms with van der Waals surface area (Å²) in [5.41, 5.74) is 1.07. The molecular formula is C19H16ClN3O3. The molecule has 1 heterocycles. The average molecular weight is 370 g/mol. The van der Waals surface area contributed by atoms with Crippen LogP contribution in [0.15, 0.2) is 60.9 Å². The molecule has 1 N–H and O–H groups in total. The zero-order valence-corrected chi connectivity index (χ0v) is 14.7. The van der Waals surface area contributed by atoms with E-state index >= 15 is 0 Å². The van der Waals surface area contributed by atoms with Crippen molar-refractivity contribution >= 4 is 29.0 Å². The van der Waals surface area contributed by atoms with Crippen molar-refractivity contribution in [1.82, 2.24) is 9.55 Å². The minimum atomic E-state index is -0.303. The maximum absolute atomic E-state index is 12.3. The number of rotatable bonds is 6. The predicted octanol–water partition coefficient (Wildman–Crippen LogP) is 3.32. The van der Waals surface area contributed by atoms with Crippen molar-refractivity contribution in [2.24, 2.45) is 7.05 Å². The standard InChI is InChI=1S/C19H16ClN3O3/c1-23-11-10-21-19(23)18(25)13-2-6-15(7-3-13)22-17(24)12-26-16-8-4-14(20)5-9-16/h2-11H,12H2,1H3,(H,22,24). The van der Waals surface area contributed by atoms with Crippen LogP contribution in [0.3, 0.4) is 0 Å². The van der Waals surface area contributed by atoms with Crippen LogP contribution in [-0.4, -0.2) is 27.8 Å². The van der Waals surface area contributed by atoms with Crippen LogP contribution < -0.4 is 10.1 Å². The zero-order valence-electron chi connectivity index (χ0n) is 14.0. The fourth-order valence-electron chi connectivity index (χ4n) is 2.30. The summed E-state index contributed by atoms with van der Waals surface area (Å²) in [4.78, 5) is 28.3. The van der Waals surface area contributed by atoms with E-state index in [4.69, 9.17) is 16.3 Å². The number of aryl methyl sites for hydroxylation is 1. The number of nitrogens with one attached hydrogen (secondary N) is 1. The summed E-state index contributed by atoms with van der Waals surface area (Å²) in [5.74, 6) is 0.434. The lowest BCUT2D eigenvalue weighted by Crippen LogP contribution is -2.20. The third-order valence-electron chi connectivity index (χ3n) is 3.64. The van der Waals surface area contributed by atoms with Crippen molar-refractivity contribution in [3.8, 4) is 5.75 Å². The first-order valence-electron chi connectivity index (χ1n) is 7.83. The quantitative estimate of drug-likeness (QED) is 0.676. The second-order valence-electron chi connectivity index (χ2n) is 5.56. The highest BCUT2D eigenvalue weighted by atomic mass is 35.5. The number of carbonyl (C=O) groups is 2. The molecule has 0 aliphatic heterocycles. The average Bonchev–Trinajstić information content (AvgIpc) is 3.07.